The zero-order valence-electron chi connectivity index (χ0n) is 9.73. The highest BCUT2D eigenvalue weighted by molar-refractivity contribution is 9.10. The van der Waals surface area contributed by atoms with Crippen molar-refractivity contribution < 1.29 is 9.84 Å². The van der Waals surface area contributed by atoms with Gasteiger partial charge in [0.1, 0.15) is 11.5 Å². The maximum atomic E-state index is 9.53. The average Bonchev–Trinajstić information content (AvgIpc) is 2.32. The summed E-state index contributed by atoms with van der Waals surface area (Å²) in [5.74, 6) is 1.42. The van der Waals surface area contributed by atoms with E-state index in [1.807, 2.05) is 18.2 Å². The summed E-state index contributed by atoms with van der Waals surface area (Å²) < 4.78 is 6.50. The Bertz CT molecular complexity index is 538. The minimum absolute atomic E-state index is 0.510. The molecule has 1 N–H and O–H groups in total. The van der Waals surface area contributed by atoms with E-state index < -0.39 is 6.10 Å². The van der Waals surface area contributed by atoms with Crippen LogP contribution in [-0.2, 0) is 0 Å². The van der Waals surface area contributed by atoms with E-state index in [-0.39, 0.29) is 0 Å². The van der Waals surface area contributed by atoms with Gasteiger partial charge in [0.25, 0.3) is 0 Å². The molecule has 0 bridgehead atoms. The van der Waals surface area contributed by atoms with Crippen molar-refractivity contribution in [3.05, 3.63) is 57.5 Å². The molecule has 0 spiro atoms. The summed E-state index contributed by atoms with van der Waals surface area (Å²) in [6.07, 6.45) is -0.510. The Hall–Kier alpha value is -1.03. The Balaban J connectivity index is 2.20. The summed E-state index contributed by atoms with van der Waals surface area (Å²) in [5, 5.41) is 10.2. The molecule has 0 saturated carbocycles. The molecular formula is C14H12BrClO2. The van der Waals surface area contributed by atoms with Crippen LogP contribution in [0.2, 0.25) is 5.02 Å². The minimum Gasteiger partial charge on any atom is -0.457 e. The number of hydrogen-bond donors (Lipinski definition) is 1. The molecule has 0 unspecified atom stereocenters. The second-order valence-electron chi connectivity index (χ2n) is 3.92. The molecule has 0 amide bonds. The van der Waals surface area contributed by atoms with Crippen molar-refractivity contribution in [3.63, 3.8) is 0 Å². The van der Waals surface area contributed by atoms with Crippen LogP contribution in [0.4, 0.5) is 0 Å². The topological polar surface area (TPSA) is 29.5 Å². The van der Waals surface area contributed by atoms with Gasteiger partial charge in [-0.15, -0.1) is 0 Å². The van der Waals surface area contributed by atoms with Crippen molar-refractivity contribution in [2.75, 3.05) is 0 Å². The molecule has 2 rings (SSSR count). The van der Waals surface area contributed by atoms with Gasteiger partial charge in [-0.3, -0.25) is 0 Å². The lowest BCUT2D eigenvalue weighted by atomic mass is 10.1. The first kappa shape index (κ1) is 13.4. The third kappa shape index (κ3) is 3.25. The number of hydrogen-bond acceptors (Lipinski definition) is 2. The summed E-state index contributed by atoms with van der Waals surface area (Å²) in [7, 11) is 0. The first-order chi connectivity index (χ1) is 8.56. The number of aliphatic hydroxyl groups excluding tert-OH is 1. The van der Waals surface area contributed by atoms with Crippen LogP contribution in [0.5, 0.6) is 11.5 Å². The van der Waals surface area contributed by atoms with Crippen molar-refractivity contribution in [2.45, 2.75) is 13.0 Å². The minimum atomic E-state index is -0.510. The van der Waals surface area contributed by atoms with Crippen LogP contribution in [0, 0.1) is 0 Å². The largest absolute Gasteiger partial charge is 0.457 e. The molecule has 94 valence electrons. The van der Waals surface area contributed by atoms with E-state index in [1.54, 1.807) is 31.2 Å². The predicted molar refractivity (Wildman–Crippen MR) is 76.3 cm³/mol. The fourth-order valence-corrected chi connectivity index (χ4v) is 2.36. The molecule has 1 atom stereocenters. The molecule has 0 fully saturated rings. The van der Waals surface area contributed by atoms with E-state index in [2.05, 4.69) is 15.9 Å². The highest BCUT2D eigenvalue weighted by Gasteiger charge is 2.07. The fourth-order valence-electron chi connectivity index (χ4n) is 1.55. The first-order valence-electron chi connectivity index (χ1n) is 5.47. The SMILES string of the molecule is C[C@@H](O)c1ccc(Oc2ccc(Cl)cc2)cc1Br. The molecular weight excluding hydrogens is 316 g/mol. The van der Waals surface area contributed by atoms with Crippen LogP contribution in [0.1, 0.15) is 18.6 Å². The molecule has 0 aliphatic rings. The zero-order valence-corrected chi connectivity index (χ0v) is 12.1. The molecule has 0 heterocycles. The third-order valence-electron chi connectivity index (χ3n) is 2.47. The smallest absolute Gasteiger partial charge is 0.128 e. The highest BCUT2D eigenvalue weighted by Crippen LogP contribution is 2.30. The molecule has 2 aromatic carbocycles. The van der Waals surface area contributed by atoms with Crippen LogP contribution >= 0.6 is 27.5 Å². The molecule has 0 aliphatic carbocycles. The lowest BCUT2D eigenvalue weighted by Gasteiger charge is -2.10. The second kappa shape index (κ2) is 5.74. The summed E-state index contributed by atoms with van der Waals surface area (Å²) in [6.45, 7) is 1.72. The molecule has 2 aromatic rings. The van der Waals surface area contributed by atoms with E-state index >= 15 is 0 Å². The molecule has 2 nitrogen and oxygen atoms in total. The van der Waals surface area contributed by atoms with Crippen LogP contribution in [0.15, 0.2) is 46.9 Å². The normalized spacial score (nSPS) is 12.2. The van der Waals surface area contributed by atoms with Gasteiger partial charge in [-0.2, -0.15) is 0 Å². The second-order valence-corrected chi connectivity index (χ2v) is 5.21. The molecule has 0 aliphatic heterocycles. The van der Waals surface area contributed by atoms with E-state index in [0.29, 0.717) is 10.8 Å². The van der Waals surface area contributed by atoms with Crippen molar-refractivity contribution in [1.82, 2.24) is 0 Å². The quantitative estimate of drug-likeness (QED) is 0.864. The van der Waals surface area contributed by atoms with E-state index in [4.69, 9.17) is 16.3 Å². The van der Waals surface area contributed by atoms with Gasteiger partial charge in [0.05, 0.1) is 6.10 Å². The Morgan fingerprint density at radius 2 is 1.72 bits per heavy atom. The van der Waals surface area contributed by atoms with E-state index in [9.17, 15) is 5.11 Å². The van der Waals surface area contributed by atoms with Crippen LogP contribution < -0.4 is 4.74 Å². The van der Waals surface area contributed by atoms with E-state index in [1.165, 1.54) is 0 Å². The van der Waals surface area contributed by atoms with Gasteiger partial charge in [0.2, 0.25) is 0 Å². The van der Waals surface area contributed by atoms with Gasteiger partial charge < -0.3 is 9.84 Å². The van der Waals surface area contributed by atoms with Crippen LogP contribution in [0.3, 0.4) is 0 Å². The van der Waals surface area contributed by atoms with E-state index in [0.717, 1.165) is 15.8 Å². The monoisotopic (exact) mass is 326 g/mol. The number of rotatable bonds is 3. The van der Waals surface area contributed by atoms with Crippen LogP contribution in [0.25, 0.3) is 0 Å². The number of ether oxygens (including phenoxy) is 1. The highest BCUT2D eigenvalue weighted by atomic mass is 79.9. The maximum Gasteiger partial charge on any atom is 0.128 e. The maximum absolute atomic E-state index is 9.53. The molecule has 0 saturated heterocycles. The van der Waals surface area contributed by atoms with Gasteiger partial charge in [-0.25, -0.2) is 0 Å². The summed E-state index contributed by atoms with van der Waals surface area (Å²) in [6, 6.07) is 12.6. The third-order valence-corrected chi connectivity index (χ3v) is 3.41. The lowest BCUT2D eigenvalue weighted by Crippen LogP contribution is -1.93. The summed E-state index contributed by atoms with van der Waals surface area (Å²) in [5.41, 5.74) is 0.832. The Morgan fingerprint density at radius 1 is 1.11 bits per heavy atom. The molecule has 18 heavy (non-hydrogen) atoms. The van der Waals surface area contributed by atoms with Gasteiger partial charge >= 0.3 is 0 Å². The van der Waals surface area contributed by atoms with Crippen molar-refractivity contribution in [1.29, 1.82) is 0 Å². The fraction of sp³-hybridized carbons (Fsp3) is 0.143. The Morgan fingerprint density at radius 3 is 2.28 bits per heavy atom. The van der Waals surface area contributed by atoms with Gasteiger partial charge in [0, 0.05) is 9.50 Å². The van der Waals surface area contributed by atoms with Crippen LogP contribution in [-0.4, -0.2) is 5.11 Å². The number of halogens is 2. The van der Waals surface area contributed by atoms with Crippen molar-refractivity contribution >= 4 is 27.5 Å². The Labute approximate surface area is 119 Å². The molecule has 0 aromatic heterocycles. The predicted octanol–water partition coefficient (Wildman–Crippen LogP) is 4.95. The summed E-state index contributed by atoms with van der Waals surface area (Å²) >= 11 is 9.22. The lowest BCUT2D eigenvalue weighted by molar-refractivity contribution is 0.198. The van der Waals surface area contributed by atoms with Gasteiger partial charge in [-0.05, 0) is 48.9 Å². The first-order valence-corrected chi connectivity index (χ1v) is 6.64. The Kier molecular flexibility index (Phi) is 4.27. The number of benzene rings is 2. The van der Waals surface area contributed by atoms with Gasteiger partial charge in [-0.1, -0.05) is 33.6 Å². The zero-order chi connectivity index (χ0) is 13.1. The summed E-state index contributed by atoms with van der Waals surface area (Å²) in [4.78, 5) is 0. The standard InChI is InChI=1S/C14H12BrClO2/c1-9(17)13-7-6-12(8-14(13)15)18-11-4-2-10(16)3-5-11/h2-9,17H,1H3/t9-/m1/s1. The average molecular weight is 328 g/mol. The molecule has 4 heteroatoms. The molecule has 0 radical (unpaired) electrons. The van der Waals surface area contributed by atoms with Crippen molar-refractivity contribution in [2.24, 2.45) is 0 Å². The van der Waals surface area contributed by atoms with Crippen molar-refractivity contribution in [3.8, 4) is 11.5 Å². The number of aliphatic hydroxyl groups is 1. The van der Waals surface area contributed by atoms with Gasteiger partial charge in [0.15, 0.2) is 0 Å².